The van der Waals surface area contributed by atoms with Crippen LogP contribution < -0.4 is 10.2 Å². The number of piperazine rings is 1. The first-order valence-electron chi connectivity index (χ1n) is 11.0. The van der Waals surface area contributed by atoms with Crippen LogP contribution in [0.5, 0.6) is 0 Å². The number of thioether (sulfide) groups is 1. The average Bonchev–Trinajstić information content (AvgIpc) is 3.55. The number of guanidine groups is 1. The fourth-order valence-electron chi connectivity index (χ4n) is 4.51. The van der Waals surface area contributed by atoms with E-state index in [4.69, 9.17) is 0 Å². The Labute approximate surface area is 211 Å². The second-order valence-corrected chi connectivity index (χ2v) is 9.61. The molecule has 1 N–H and O–H groups in total. The summed E-state index contributed by atoms with van der Waals surface area (Å²) in [5.74, 6) is 2.16. The van der Waals surface area contributed by atoms with Gasteiger partial charge in [-0.2, -0.15) is 0 Å². The van der Waals surface area contributed by atoms with Crippen LogP contribution >= 0.6 is 47.1 Å². The smallest absolute Gasteiger partial charge is 0.193 e. The molecular weight excluding hydrogens is 541 g/mol. The molecule has 0 bridgehead atoms. The van der Waals surface area contributed by atoms with Crippen LogP contribution in [0.25, 0.3) is 0 Å². The van der Waals surface area contributed by atoms with Crippen molar-refractivity contribution in [2.45, 2.75) is 49.7 Å². The highest BCUT2D eigenvalue weighted by atomic mass is 127. The Morgan fingerprint density at radius 2 is 2.00 bits per heavy atom. The summed E-state index contributed by atoms with van der Waals surface area (Å²) in [5, 5.41) is 17.1. The second-order valence-electron chi connectivity index (χ2n) is 7.91. The lowest BCUT2D eigenvalue weighted by molar-refractivity contribution is 0.373. The number of thiophene rings is 1. The van der Waals surface area contributed by atoms with Gasteiger partial charge in [-0.3, -0.25) is 4.99 Å². The van der Waals surface area contributed by atoms with Crippen molar-refractivity contribution in [1.29, 1.82) is 0 Å². The van der Waals surface area contributed by atoms with Crippen molar-refractivity contribution >= 4 is 58.0 Å². The van der Waals surface area contributed by atoms with Gasteiger partial charge in [0.05, 0.1) is 5.00 Å². The average molecular weight is 576 g/mol. The fraction of sp³-hybridized carbons (Fsp3) is 0.667. The molecule has 0 radical (unpaired) electrons. The zero-order valence-electron chi connectivity index (χ0n) is 18.5. The first-order valence-corrected chi connectivity index (χ1v) is 13.1. The Kier molecular flexibility index (Phi) is 9.76. The van der Waals surface area contributed by atoms with E-state index in [9.17, 15) is 0 Å². The molecule has 1 saturated heterocycles. The lowest BCUT2D eigenvalue weighted by Gasteiger charge is -2.37. The van der Waals surface area contributed by atoms with Crippen molar-refractivity contribution in [3.8, 4) is 0 Å². The number of halogens is 1. The van der Waals surface area contributed by atoms with E-state index in [1.165, 1.54) is 30.7 Å². The molecule has 172 valence electrons. The molecule has 0 unspecified atom stereocenters. The molecule has 4 rings (SSSR count). The van der Waals surface area contributed by atoms with Gasteiger partial charge in [0, 0.05) is 52.2 Å². The maximum atomic E-state index is 4.52. The van der Waals surface area contributed by atoms with Crippen LogP contribution in [-0.2, 0) is 6.42 Å². The maximum Gasteiger partial charge on any atom is 0.193 e. The van der Waals surface area contributed by atoms with Gasteiger partial charge in [-0.15, -0.1) is 45.5 Å². The molecule has 3 heterocycles. The van der Waals surface area contributed by atoms with Gasteiger partial charge in [-0.05, 0) is 43.0 Å². The molecule has 2 aliphatic rings. The molecule has 2 aromatic rings. The highest BCUT2D eigenvalue weighted by Crippen LogP contribution is 2.33. The van der Waals surface area contributed by atoms with Crippen molar-refractivity contribution in [1.82, 2.24) is 25.0 Å². The van der Waals surface area contributed by atoms with Gasteiger partial charge in [-0.1, -0.05) is 24.6 Å². The fourth-order valence-corrected chi connectivity index (χ4v) is 5.87. The van der Waals surface area contributed by atoms with Crippen molar-refractivity contribution in [3.05, 3.63) is 23.3 Å². The van der Waals surface area contributed by atoms with Crippen molar-refractivity contribution in [3.63, 3.8) is 0 Å². The third kappa shape index (κ3) is 6.07. The summed E-state index contributed by atoms with van der Waals surface area (Å²) in [5.41, 5.74) is 0. The van der Waals surface area contributed by atoms with Gasteiger partial charge in [0.15, 0.2) is 11.1 Å². The first-order chi connectivity index (χ1) is 14.8. The van der Waals surface area contributed by atoms with E-state index >= 15 is 0 Å². The van der Waals surface area contributed by atoms with E-state index in [0.29, 0.717) is 6.04 Å². The lowest BCUT2D eigenvalue weighted by atomic mass is 10.2. The summed E-state index contributed by atoms with van der Waals surface area (Å²) in [6.07, 6.45) is 9.28. The highest BCUT2D eigenvalue weighted by Gasteiger charge is 2.24. The molecule has 0 amide bonds. The van der Waals surface area contributed by atoms with Crippen LogP contribution in [0.4, 0.5) is 5.00 Å². The Morgan fingerprint density at radius 1 is 1.23 bits per heavy atom. The number of aromatic nitrogens is 3. The number of hydrogen-bond donors (Lipinski definition) is 1. The van der Waals surface area contributed by atoms with E-state index in [-0.39, 0.29) is 24.0 Å². The minimum absolute atomic E-state index is 0. The highest BCUT2D eigenvalue weighted by molar-refractivity contribution is 14.0. The molecule has 0 aromatic carbocycles. The van der Waals surface area contributed by atoms with Crippen LogP contribution in [0.1, 0.15) is 44.0 Å². The minimum Gasteiger partial charge on any atom is -0.360 e. The third-order valence-corrected chi connectivity index (χ3v) is 7.65. The number of anilines is 1. The summed E-state index contributed by atoms with van der Waals surface area (Å²) < 4.78 is 2.41. The molecule has 0 atom stereocenters. The van der Waals surface area contributed by atoms with Crippen LogP contribution in [0.2, 0.25) is 0 Å². The molecule has 10 heteroatoms. The lowest BCUT2D eigenvalue weighted by Crippen LogP contribution is -2.52. The molecule has 31 heavy (non-hydrogen) atoms. The molecule has 1 aliphatic carbocycles. The van der Waals surface area contributed by atoms with Crippen LogP contribution in [0.3, 0.4) is 0 Å². The van der Waals surface area contributed by atoms with E-state index in [1.807, 2.05) is 18.4 Å². The molecule has 2 fully saturated rings. The van der Waals surface area contributed by atoms with Crippen LogP contribution in [0, 0.1) is 0 Å². The zero-order chi connectivity index (χ0) is 20.8. The Morgan fingerprint density at radius 3 is 2.65 bits per heavy atom. The van der Waals surface area contributed by atoms with Crippen molar-refractivity contribution < 1.29 is 0 Å². The Hall–Kier alpha value is -1.01. The van der Waals surface area contributed by atoms with Gasteiger partial charge in [0.25, 0.3) is 0 Å². The standard InChI is InChI=1S/C21H33N7S2.HI/c1-22-20(27-14-12-26(13-15-27)19-10-6-16-30-19)23-11-5-9-18-24-25-21(29-2)28(18)17-7-3-4-8-17;/h6,10,16-17H,3-5,7-9,11-15H2,1-2H3,(H,22,23);1H. The zero-order valence-corrected chi connectivity index (χ0v) is 22.5. The van der Waals surface area contributed by atoms with E-state index < -0.39 is 0 Å². The topological polar surface area (TPSA) is 61.6 Å². The number of aliphatic imine (C=N–C) groups is 1. The predicted octanol–water partition coefficient (Wildman–Crippen LogP) is 4.12. The summed E-state index contributed by atoms with van der Waals surface area (Å²) in [7, 11) is 1.88. The number of nitrogens with one attached hydrogen (secondary N) is 1. The van der Waals surface area contributed by atoms with E-state index in [0.717, 1.165) is 62.5 Å². The molecule has 1 saturated carbocycles. The van der Waals surface area contributed by atoms with E-state index in [1.54, 1.807) is 11.8 Å². The van der Waals surface area contributed by atoms with Crippen molar-refractivity contribution in [2.24, 2.45) is 4.99 Å². The normalized spacial score (nSPS) is 17.8. The molecular formula is C21H34IN7S2. The number of hydrogen-bond acceptors (Lipinski definition) is 6. The Balaban J connectivity index is 0.00000272. The van der Waals surface area contributed by atoms with Gasteiger partial charge in [0.1, 0.15) is 5.82 Å². The van der Waals surface area contributed by atoms with Gasteiger partial charge >= 0.3 is 0 Å². The number of nitrogens with zero attached hydrogens (tertiary/aromatic N) is 6. The summed E-state index contributed by atoms with van der Waals surface area (Å²) in [6, 6.07) is 4.93. The summed E-state index contributed by atoms with van der Waals surface area (Å²) >= 11 is 3.53. The Bertz CT molecular complexity index is 810. The van der Waals surface area contributed by atoms with Gasteiger partial charge < -0.3 is 19.7 Å². The summed E-state index contributed by atoms with van der Waals surface area (Å²) in [6.45, 7) is 5.01. The second kappa shape index (κ2) is 12.3. The molecule has 1 aliphatic heterocycles. The quantitative estimate of drug-likeness (QED) is 0.176. The summed E-state index contributed by atoms with van der Waals surface area (Å²) in [4.78, 5) is 9.36. The number of aryl methyl sites for hydroxylation is 1. The largest absolute Gasteiger partial charge is 0.360 e. The first kappa shape index (κ1) is 24.6. The van der Waals surface area contributed by atoms with E-state index in [2.05, 4.69) is 58.6 Å². The predicted molar refractivity (Wildman–Crippen MR) is 143 cm³/mol. The monoisotopic (exact) mass is 575 g/mol. The minimum atomic E-state index is 0. The molecule has 7 nitrogen and oxygen atoms in total. The van der Waals surface area contributed by atoms with Crippen LogP contribution in [0.15, 0.2) is 27.7 Å². The third-order valence-electron chi connectivity index (χ3n) is 6.08. The SMILES string of the molecule is CN=C(NCCCc1nnc(SC)n1C1CCCC1)N1CCN(c2cccs2)CC1.I. The van der Waals surface area contributed by atoms with Gasteiger partial charge in [-0.25, -0.2) is 0 Å². The van der Waals surface area contributed by atoms with Gasteiger partial charge in [0.2, 0.25) is 0 Å². The van der Waals surface area contributed by atoms with Crippen molar-refractivity contribution in [2.75, 3.05) is 50.9 Å². The maximum absolute atomic E-state index is 4.52. The molecule has 2 aromatic heterocycles. The van der Waals surface area contributed by atoms with Crippen LogP contribution in [-0.4, -0.2) is 71.7 Å². The number of rotatable bonds is 7. The molecule has 0 spiro atoms.